The van der Waals surface area contributed by atoms with E-state index in [4.69, 9.17) is 20.7 Å². The molecule has 0 saturated carbocycles. The summed E-state index contributed by atoms with van der Waals surface area (Å²) in [5.41, 5.74) is 0. The van der Waals surface area contributed by atoms with Gasteiger partial charge in [-0.2, -0.15) is 10.5 Å². The first-order chi connectivity index (χ1) is 4.72. The molecule has 0 radical (unpaired) electrons. The van der Waals surface area contributed by atoms with E-state index in [-0.39, 0.29) is 12.8 Å². The Labute approximate surface area is 58.9 Å². The third-order valence-electron chi connectivity index (χ3n) is 1.05. The highest BCUT2D eigenvalue weighted by Gasteiger charge is 2.14. The topological polar surface area (TPSA) is 88.0 Å². The fourth-order valence-corrected chi connectivity index (χ4v) is 0.459. The van der Waals surface area contributed by atoms with Gasteiger partial charge in [0.15, 0.2) is 0 Å². The number of nitrogens with zero attached hydrogens (tertiary/aromatic N) is 2. The molecule has 0 bridgehead atoms. The maximum absolute atomic E-state index is 8.83. The van der Waals surface area contributed by atoms with Crippen molar-refractivity contribution >= 4 is 0 Å². The van der Waals surface area contributed by atoms with Gasteiger partial charge in [-0.1, -0.05) is 0 Å². The predicted octanol–water partition coefficient (Wildman–Crippen LogP) is -0.464. The molecule has 2 N–H and O–H groups in total. The highest BCUT2D eigenvalue weighted by atomic mass is 16.3. The molecule has 0 aromatic rings. The van der Waals surface area contributed by atoms with Crippen molar-refractivity contribution in [2.24, 2.45) is 0 Å². The van der Waals surface area contributed by atoms with Crippen molar-refractivity contribution in [2.75, 3.05) is 0 Å². The molecule has 0 rings (SSSR count). The van der Waals surface area contributed by atoms with E-state index < -0.39 is 12.2 Å². The molecule has 0 unspecified atom stereocenters. The number of rotatable bonds is 3. The van der Waals surface area contributed by atoms with Crippen molar-refractivity contribution in [3.63, 3.8) is 0 Å². The second-order valence-electron chi connectivity index (χ2n) is 1.86. The first-order valence-corrected chi connectivity index (χ1v) is 2.82. The Morgan fingerprint density at radius 3 is 1.50 bits per heavy atom. The fraction of sp³-hybridized carbons (Fsp3) is 0.667. The predicted molar refractivity (Wildman–Crippen MR) is 32.5 cm³/mol. The van der Waals surface area contributed by atoms with Crippen LogP contribution in [0.3, 0.4) is 0 Å². The summed E-state index contributed by atoms with van der Waals surface area (Å²) in [4.78, 5) is 0. The Balaban J connectivity index is 3.63. The third-order valence-corrected chi connectivity index (χ3v) is 1.05. The molecule has 2 atom stereocenters. The number of hydrogen-bond donors (Lipinski definition) is 2. The van der Waals surface area contributed by atoms with Crippen LogP contribution >= 0.6 is 0 Å². The monoisotopic (exact) mass is 140 g/mol. The summed E-state index contributed by atoms with van der Waals surface area (Å²) >= 11 is 0. The Morgan fingerprint density at radius 2 is 1.30 bits per heavy atom. The largest absolute Gasteiger partial charge is 0.389 e. The molecule has 4 nitrogen and oxygen atoms in total. The first-order valence-electron chi connectivity index (χ1n) is 2.82. The molecule has 0 fully saturated rings. The molecule has 0 aromatic heterocycles. The molecule has 0 spiro atoms. The lowest BCUT2D eigenvalue weighted by Gasteiger charge is -2.09. The Bertz CT molecular complexity index is 148. The summed E-state index contributed by atoms with van der Waals surface area (Å²) in [6, 6.07) is 3.37. The number of hydrogen-bond acceptors (Lipinski definition) is 4. The van der Waals surface area contributed by atoms with Gasteiger partial charge in [0.1, 0.15) is 0 Å². The van der Waals surface area contributed by atoms with Crippen molar-refractivity contribution in [1.29, 1.82) is 10.5 Å². The van der Waals surface area contributed by atoms with Gasteiger partial charge in [0.25, 0.3) is 0 Å². The van der Waals surface area contributed by atoms with Crippen LogP contribution in [-0.4, -0.2) is 22.4 Å². The molecule has 0 saturated heterocycles. The minimum absolute atomic E-state index is 0.136. The zero-order chi connectivity index (χ0) is 7.98. The smallest absolute Gasteiger partial charge is 0.0938 e. The average molecular weight is 140 g/mol. The van der Waals surface area contributed by atoms with Crippen LogP contribution in [0, 0.1) is 22.7 Å². The molecule has 54 valence electrons. The van der Waals surface area contributed by atoms with E-state index in [1.54, 1.807) is 12.1 Å². The summed E-state index contributed by atoms with van der Waals surface area (Å²) in [6.07, 6.45) is -2.46. The van der Waals surface area contributed by atoms with Crippen LogP contribution in [0.25, 0.3) is 0 Å². The van der Waals surface area contributed by atoms with Gasteiger partial charge in [-0.05, 0) is 0 Å². The lowest BCUT2D eigenvalue weighted by atomic mass is 10.1. The molecular formula is C6H8N2O2. The van der Waals surface area contributed by atoms with Gasteiger partial charge in [0.05, 0.1) is 37.2 Å². The fourth-order valence-electron chi connectivity index (χ4n) is 0.459. The maximum atomic E-state index is 8.83. The molecular weight excluding hydrogens is 132 g/mol. The third kappa shape index (κ3) is 3.03. The van der Waals surface area contributed by atoms with Crippen molar-refractivity contribution in [1.82, 2.24) is 0 Å². The minimum Gasteiger partial charge on any atom is -0.389 e. The standard InChI is InChI=1S/C6H8N2O2/c7-3-1-5(9)6(10)2-4-8/h5-6,9-10H,1-2H2/t5-,6+. The van der Waals surface area contributed by atoms with E-state index in [9.17, 15) is 0 Å². The van der Waals surface area contributed by atoms with Crippen molar-refractivity contribution in [3.05, 3.63) is 0 Å². The van der Waals surface area contributed by atoms with Gasteiger partial charge in [-0.25, -0.2) is 0 Å². The lowest BCUT2D eigenvalue weighted by Crippen LogP contribution is -2.24. The Hall–Kier alpha value is -1.10. The summed E-state index contributed by atoms with van der Waals surface area (Å²) in [5, 5.41) is 33.7. The zero-order valence-corrected chi connectivity index (χ0v) is 5.36. The van der Waals surface area contributed by atoms with Crippen molar-refractivity contribution in [3.8, 4) is 12.1 Å². The number of nitriles is 2. The van der Waals surface area contributed by atoms with E-state index in [0.717, 1.165) is 0 Å². The highest BCUT2D eigenvalue weighted by molar-refractivity contribution is 4.85. The van der Waals surface area contributed by atoms with E-state index in [1.165, 1.54) is 0 Å². The Morgan fingerprint density at radius 1 is 1.00 bits per heavy atom. The SMILES string of the molecule is N#CC[C@@H](O)[C@@H](O)CC#N. The van der Waals surface area contributed by atoms with Crippen LogP contribution < -0.4 is 0 Å². The lowest BCUT2D eigenvalue weighted by molar-refractivity contribution is 0.0259. The first kappa shape index (κ1) is 8.90. The number of aliphatic hydroxyl groups is 2. The summed E-state index contributed by atoms with van der Waals surface area (Å²) in [7, 11) is 0. The maximum Gasteiger partial charge on any atom is 0.0938 e. The van der Waals surface area contributed by atoms with Gasteiger partial charge in [-0.3, -0.25) is 0 Å². The van der Waals surface area contributed by atoms with E-state index in [1.807, 2.05) is 0 Å². The van der Waals surface area contributed by atoms with Crippen molar-refractivity contribution in [2.45, 2.75) is 25.0 Å². The van der Waals surface area contributed by atoms with Crippen LogP contribution in [0.15, 0.2) is 0 Å². The summed E-state index contributed by atoms with van der Waals surface area (Å²) in [6.45, 7) is 0. The van der Waals surface area contributed by atoms with Gasteiger partial charge in [0.2, 0.25) is 0 Å². The minimum atomic E-state index is -1.09. The second kappa shape index (κ2) is 4.75. The average Bonchev–Trinajstić information content (AvgIpc) is 1.89. The summed E-state index contributed by atoms with van der Waals surface area (Å²) in [5.74, 6) is 0. The molecule has 0 aromatic carbocycles. The van der Waals surface area contributed by atoms with Gasteiger partial charge in [-0.15, -0.1) is 0 Å². The molecule has 0 aliphatic carbocycles. The van der Waals surface area contributed by atoms with Crippen LogP contribution in [0.4, 0.5) is 0 Å². The quantitative estimate of drug-likeness (QED) is 0.555. The molecule has 0 amide bonds. The van der Waals surface area contributed by atoms with Gasteiger partial charge < -0.3 is 10.2 Å². The Kier molecular flexibility index (Phi) is 4.23. The van der Waals surface area contributed by atoms with Gasteiger partial charge >= 0.3 is 0 Å². The summed E-state index contributed by atoms with van der Waals surface area (Å²) < 4.78 is 0. The molecule has 0 aliphatic heterocycles. The normalized spacial score (nSPS) is 14.8. The van der Waals surface area contributed by atoms with Crippen LogP contribution in [0.5, 0.6) is 0 Å². The number of aliphatic hydroxyl groups excluding tert-OH is 2. The van der Waals surface area contributed by atoms with E-state index >= 15 is 0 Å². The highest BCUT2D eigenvalue weighted by Crippen LogP contribution is 2.00. The van der Waals surface area contributed by atoms with E-state index in [2.05, 4.69) is 0 Å². The van der Waals surface area contributed by atoms with Crippen LogP contribution in [0.1, 0.15) is 12.8 Å². The van der Waals surface area contributed by atoms with Gasteiger partial charge in [0, 0.05) is 0 Å². The van der Waals surface area contributed by atoms with Crippen LogP contribution in [-0.2, 0) is 0 Å². The van der Waals surface area contributed by atoms with E-state index in [0.29, 0.717) is 0 Å². The second-order valence-corrected chi connectivity index (χ2v) is 1.86. The van der Waals surface area contributed by atoms with Crippen LogP contribution in [0.2, 0.25) is 0 Å². The molecule has 0 aliphatic rings. The van der Waals surface area contributed by atoms with Crippen molar-refractivity contribution < 1.29 is 10.2 Å². The zero-order valence-electron chi connectivity index (χ0n) is 5.36. The molecule has 10 heavy (non-hydrogen) atoms. The molecule has 4 heteroatoms. The molecule has 0 heterocycles.